The van der Waals surface area contributed by atoms with E-state index < -0.39 is 5.60 Å². The number of ketones is 2. The van der Waals surface area contributed by atoms with E-state index in [-0.39, 0.29) is 22.7 Å². The van der Waals surface area contributed by atoms with Crippen molar-refractivity contribution in [2.45, 2.75) is 77.7 Å². The zero-order valence-corrected chi connectivity index (χ0v) is 14.7. The number of Topliss-reactive ketones (excluding diaryl/α,β-unsaturated/α-hetero) is 2. The van der Waals surface area contributed by atoms with E-state index in [9.17, 15) is 14.7 Å². The van der Waals surface area contributed by atoms with Crippen LogP contribution in [0.15, 0.2) is 0 Å². The van der Waals surface area contributed by atoms with Crippen LogP contribution >= 0.6 is 0 Å². The van der Waals surface area contributed by atoms with E-state index in [1.807, 2.05) is 0 Å². The molecule has 3 nitrogen and oxygen atoms in total. The van der Waals surface area contributed by atoms with Crippen molar-refractivity contribution in [2.24, 2.45) is 34.5 Å². The highest BCUT2D eigenvalue weighted by Gasteiger charge is 2.67. The zero-order valence-electron chi connectivity index (χ0n) is 14.7. The number of aliphatic hydroxyl groups is 1. The Balaban J connectivity index is 1.73. The first kappa shape index (κ1) is 15.8. The summed E-state index contributed by atoms with van der Waals surface area (Å²) in [6, 6.07) is 0. The molecular formula is C20H30O3. The summed E-state index contributed by atoms with van der Waals surface area (Å²) in [7, 11) is 0. The average Bonchev–Trinajstić information content (AvgIpc) is 2.73. The van der Waals surface area contributed by atoms with E-state index in [1.54, 1.807) is 0 Å². The lowest BCUT2D eigenvalue weighted by Crippen LogP contribution is -2.65. The van der Waals surface area contributed by atoms with E-state index in [2.05, 4.69) is 20.8 Å². The Morgan fingerprint density at radius 2 is 1.78 bits per heavy atom. The summed E-state index contributed by atoms with van der Waals surface area (Å²) in [5.41, 5.74) is -1.03. The van der Waals surface area contributed by atoms with Crippen LogP contribution in [0.25, 0.3) is 0 Å². The normalized spacial score (nSPS) is 56.0. The summed E-state index contributed by atoms with van der Waals surface area (Å²) < 4.78 is 0. The molecule has 4 aliphatic rings. The van der Waals surface area contributed by atoms with Gasteiger partial charge in [0.1, 0.15) is 11.6 Å². The van der Waals surface area contributed by atoms with Crippen LogP contribution < -0.4 is 0 Å². The SMILES string of the molecule is CC1CC2C3CC[C@@H]4CC(=O)CC[C@]4(C)[C@@]3(O)CC[C@]2(C)C1=O. The van der Waals surface area contributed by atoms with Crippen LogP contribution in [0.4, 0.5) is 0 Å². The van der Waals surface area contributed by atoms with Crippen LogP contribution in [-0.2, 0) is 9.59 Å². The summed E-state index contributed by atoms with van der Waals surface area (Å²) in [6.45, 7) is 6.46. The van der Waals surface area contributed by atoms with Gasteiger partial charge in [-0.3, -0.25) is 9.59 Å². The quantitative estimate of drug-likeness (QED) is 0.743. The Kier molecular flexibility index (Phi) is 3.22. The smallest absolute Gasteiger partial charge is 0.141 e. The van der Waals surface area contributed by atoms with Crippen LogP contribution in [0.2, 0.25) is 0 Å². The number of rotatable bonds is 0. The molecule has 4 saturated carbocycles. The largest absolute Gasteiger partial charge is 0.389 e. The van der Waals surface area contributed by atoms with Gasteiger partial charge in [-0.2, -0.15) is 0 Å². The van der Waals surface area contributed by atoms with Gasteiger partial charge in [0, 0.05) is 29.6 Å². The molecule has 23 heavy (non-hydrogen) atoms. The van der Waals surface area contributed by atoms with Gasteiger partial charge < -0.3 is 5.11 Å². The van der Waals surface area contributed by atoms with Crippen LogP contribution in [0.5, 0.6) is 0 Å². The topological polar surface area (TPSA) is 54.4 Å². The minimum Gasteiger partial charge on any atom is -0.389 e. The third-order valence-corrected chi connectivity index (χ3v) is 8.67. The van der Waals surface area contributed by atoms with Crippen molar-refractivity contribution in [3.63, 3.8) is 0 Å². The molecule has 3 heteroatoms. The maximum absolute atomic E-state index is 12.7. The van der Waals surface area contributed by atoms with Gasteiger partial charge in [0.2, 0.25) is 0 Å². The molecule has 4 rings (SSSR count). The molecule has 0 aliphatic heterocycles. The van der Waals surface area contributed by atoms with Crippen LogP contribution in [-0.4, -0.2) is 22.3 Å². The highest BCUT2D eigenvalue weighted by Crippen LogP contribution is 2.67. The number of hydrogen-bond donors (Lipinski definition) is 1. The third kappa shape index (κ3) is 1.80. The first-order valence-corrected chi connectivity index (χ1v) is 9.51. The molecule has 0 aromatic carbocycles. The summed E-state index contributed by atoms with van der Waals surface area (Å²) in [4.78, 5) is 24.6. The molecule has 0 saturated heterocycles. The second-order valence-electron chi connectivity index (χ2n) is 9.49. The molecule has 0 aromatic rings. The van der Waals surface area contributed by atoms with E-state index >= 15 is 0 Å². The van der Waals surface area contributed by atoms with Crippen LogP contribution in [0.1, 0.15) is 72.1 Å². The molecule has 3 unspecified atom stereocenters. The van der Waals surface area contributed by atoms with Crippen molar-refractivity contribution in [2.75, 3.05) is 0 Å². The molecule has 0 bridgehead atoms. The van der Waals surface area contributed by atoms with E-state index in [0.29, 0.717) is 36.2 Å². The molecule has 4 aliphatic carbocycles. The fourth-order valence-corrected chi connectivity index (χ4v) is 7.10. The lowest BCUT2D eigenvalue weighted by molar-refractivity contribution is -0.228. The van der Waals surface area contributed by atoms with E-state index in [0.717, 1.165) is 38.5 Å². The zero-order chi connectivity index (χ0) is 16.6. The summed E-state index contributed by atoms with van der Waals surface area (Å²) in [6.07, 6.45) is 6.66. The molecule has 0 heterocycles. The molecule has 0 amide bonds. The molecule has 7 atom stereocenters. The van der Waals surface area contributed by atoms with Crippen molar-refractivity contribution in [3.8, 4) is 0 Å². The first-order valence-electron chi connectivity index (χ1n) is 9.51. The molecule has 0 spiro atoms. The standard InChI is InChI=1S/C20H30O3/c1-12-10-16-15-5-4-13-11-14(21)6-7-19(13,3)20(15,23)9-8-18(16,2)17(12)22/h12-13,15-16,23H,4-11H2,1-3H3/t12?,13-,15?,16?,18+,19+,20-/m1/s1. The highest BCUT2D eigenvalue weighted by atomic mass is 16.3. The Hall–Kier alpha value is -0.700. The molecule has 0 radical (unpaired) electrons. The lowest BCUT2D eigenvalue weighted by atomic mass is 9.43. The molecule has 4 fully saturated rings. The van der Waals surface area contributed by atoms with Crippen molar-refractivity contribution in [1.82, 2.24) is 0 Å². The summed E-state index contributed by atoms with van der Waals surface area (Å²) in [5.74, 6) is 1.86. The van der Waals surface area contributed by atoms with Crippen LogP contribution in [0, 0.1) is 34.5 Å². The molecule has 128 valence electrons. The lowest BCUT2D eigenvalue weighted by Gasteiger charge is -2.64. The number of fused-ring (bicyclic) bond motifs is 5. The number of carbonyl (C=O) groups is 2. The van der Waals surface area contributed by atoms with Gasteiger partial charge in [-0.25, -0.2) is 0 Å². The van der Waals surface area contributed by atoms with Crippen molar-refractivity contribution >= 4 is 11.6 Å². The van der Waals surface area contributed by atoms with Gasteiger partial charge in [0.25, 0.3) is 0 Å². The Labute approximate surface area is 139 Å². The first-order chi connectivity index (χ1) is 10.7. The Morgan fingerprint density at radius 1 is 1.04 bits per heavy atom. The fraction of sp³-hybridized carbons (Fsp3) is 0.900. The van der Waals surface area contributed by atoms with Crippen LogP contribution in [0.3, 0.4) is 0 Å². The monoisotopic (exact) mass is 318 g/mol. The second kappa shape index (κ2) is 4.68. The fourth-order valence-electron chi connectivity index (χ4n) is 7.10. The molecule has 0 aromatic heterocycles. The maximum atomic E-state index is 12.7. The van der Waals surface area contributed by atoms with E-state index in [4.69, 9.17) is 0 Å². The van der Waals surface area contributed by atoms with Gasteiger partial charge in [0.05, 0.1) is 5.60 Å². The maximum Gasteiger partial charge on any atom is 0.141 e. The predicted molar refractivity (Wildman–Crippen MR) is 87.7 cm³/mol. The van der Waals surface area contributed by atoms with Crippen molar-refractivity contribution < 1.29 is 14.7 Å². The number of carbonyl (C=O) groups excluding carboxylic acids is 2. The van der Waals surface area contributed by atoms with Crippen molar-refractivity contribution in [1.29, 1.82) is 0 Å². The van der Waals surface area contributed by atoms with Gasteiger partial charge in [-0.15, -0.1) is 0 Å². The third-order valence-electron chi connectivity index (χ3n) is 8.67. The van der Waals surface area contributed by atoms with Gasteiger partial charge in [0.15, 0.2) is 0 Å². The Bertz CT molecular complexity index is 569. The highest BCUT2D eigenvalue weighted by molar-refractivity contribution is 5.89. The van der Waals surface area contributed by atoms with Crippen molar-refractivity contribution in [3.05, 3.63) is 0 Å². The minimum atomic E-state index is -0.675. The van der Waals surface area contributed by atoms with Gasteiger partial charge in [-0.1, -0.05) is 20.8 Å². The summed E-state index contributed by atoms with van der Waals surface area (Å²) in [5, 5.41) is 11.8. The van der Waals surface area contributed by atoms with E-state index in [1.165, 1.54) is 0 Å². The Morgan fingerprint density at radius 3 is 2.52 bits per heavy atom. The minimum absolute atomic E-state index is 0.139. The molecular weight excluding hydrogens is 288 g/mol. The summed E-state index contributed by atoms with van der Waals surface area (Å²) >= 11 is 0. The second-order valence-corrected chi connectivity index (χ2v) is 9.49. The number of hydrogen-bond acceptors (Lipinski definition) is 3. The van der Waals surface area contributed by atoms with Gasteiger partial charge >= 0.3 is 0 Å². The predicted octanol–water partition coefficient (Wildman–Crippen LogP) is 3.53. The average molecular weight is 318 g/mol. The molecule has 1 N–H and O–H groups in total. The van der Waals surface area contributed by atoms with Gasteiger partial charge in [-0.05, 0) is 56.3 Å².